The molecular weight excluding hydrogens is 352 g/mol. The van der Waals surface area contributed by atoms with Crippen molar-refractivity contribution in [2.24, 2.45) is 11.8 Å². The zero-order valence-electron chi connectivity index (χ0n) is 16.6. The molecule has 5 atom stereocenters. The third-order valence-electron chi connectivity index (χ3n) is 7.39. The van der Waals surface area contributed by atoms with Crippen LogP contribution in [0.2, 0.25) is 0 Å². The maximum atomic E-state index is 12.8. The molecule has 2 heterocycles. The van der Waals surface area contributed by atoms with Gasteiger partial charge in [-0.25, -0.2) is 4.79 Å². The number of carbonyl (C=O) groups is 1. The molecule has 4 nitrogen and oxygen atoms in total. The Morgan fingerprint density at radius 3 is 2.71 bits per heavy atom. The molecule has 148 valence electrons. The number of ether oxygens (including phenoxy) is 2. The molecule has 0 unspecified atom stereocenters. The van der Waals surface area contributed by atoms with Crippen LogP contribution in [0.25, 0.3) is 6.08 Å². The zero-order valence-corrected chi connectivity index (χ0v) is 16.6. The number of fused-ring (bicyclic) bond motifs is 4. The van der Waals surface area contributed by atoms with Crippen LogP contribution in [-0.2, 0) is 14.3 Å². The number of aliphatic hydroxyl groups excluding tert-OH is 1. The summed E-state index contributed by atoms with van der Waals surface area (Å²) in [5.41, 5.74) is 2.37. The first-order valence-electron chi connectivity index (χ1n) is 10.5. The molecule has 4 aliphatic rings. The van der Waals surface area contributed by atoms with Crippen molar-refractivity contribution in [3.05, 3.63) is 53.1 Å². The smallest absolute Gasteiger partial charge is 0.331 e. The molecule has 1 saturated carbocycles. The Kier molecular flexibility index (Phi) is 4.08. The molecule has 28 heavy (non-hydrogen) atoms. The Hall–Kier alpha value is -1.91. The summed E-state index contributed by atoms with van der Waals surface area (Å²) in [6.45, 7) is 4.20. The molecule has 0 amide bonds. The lowest BCUT2D eigenvalue weighted by molar-refractivity contribution is -0.214. The van der Waals surface area contributed by atoms with Crippen LogP contribution in [-0.4, -0.2) is 34.5 Å². The second kappa shape index (κ2) is 6.30. The minimum Gasteiger partial charge on any atom is -0.452 e. The lowest BCUT2D eigenvalue weighted by atomic mass is 9.76. The third kappa shape index (κ3) is 2.61. The molecule has 2 aliphatic heterocycles. The van der Waals surface area contributed by atoms with Gasteiger partial charge in [0.15, 0.2) is 6.10 Å². The van der Waals surface area contributed by atoms with Crippen LogP contribution in [0.3, 0.4) is 0 Å². The average Bonchev–Trinajstić information content (AvgIpc) is 3.42. The molecule has 4 heteroatoms. The van der Waals surface area contributed by atoms with Crippen molar-refractivity contribution in [1.29, 1.82) is 0 Å². The van der Waals surface area contributed by atoms with Gasteiger partial charge in [-0.3, -0.25) is 0 Å². The SMILES string of the molecule is CC1=C2[C@@H](CC1)[C@]1(C)O[C@@](C3CC3)(C[C@H]1O)[C@H]2OC(=O)/C=C/c1ccccc1. The average molecular weight is 380 g/mol. The van der Waals surface area contributed by atoms with E-state index in [0.717, 1.165) is 31.2 Å². The van der Waals surface area contributed by atoms with Gasteiger partial charge in [-0.1, -0.05) is 35.9 Å². The fourth-order valence-electron chi connectivity index (χ4n) is 5.79. The number of hydrogen-bond donors (Lipinski definition) is 1. The molecule has 3 fully saturated rings. The standard InChI is InChI=1S/C24H28O4/c1-15-8-12-18-21(15)22(27-20(26)13-9-16-6-4-3-5-7-16)24(17-10-11-17)14-19(25)23(18,2)28-24/h3-7,9,13,17-19,22,25H,8,10-12,14H2,1-2H3/b13-9+/t18-,19-,22+,23+,24-/m1/s1. The van der Waals surface area contributed by atoms with Crippen molar-refractivity contribution in [2.45, 2.75) is 69.4 Å². The number of rotatable bonds is 4. The van der Waals surface area contributed by atoms with Crippen LogP contribution in [0, 0.1) is 11.8 Å². The van der Waals surface area contributed by atoms with E-state index in [1.165, 1.54) is 17.2 Å². The first-order chi connectivity index (χ1) is 13.4. The van der Waals surface area contributed by atoms with Crippen molar-refractivity contribution >= 4 is 12.0 Å². The van der Waals surface area contributed by atoms with E-state index in [2.05, 4.69) is 13.8 Å². The Morgan fingerprint density at radius 2 is 2.00 bits per heavy atom. The molecule has 2 saturated heterocycles. The monoisotopic (exact) mass is 380 g/mol. The molecule has 2 aliphatic carbocycles. The number of benzene rings is 1. The van der Waals surface area contributed by atoms with Crippen LogP contribution in [0.5, 0.6) is 0 Å². The first-order valence-corrected chi connectivity index (χ1v) is 10.5. The molecule has 0 aromatic heterocycles. The van der Waals surface area contributed by atoms with Crippen LogP contribution in [0.15, 0.2) is 47.6 Å². The van der Waals surface area contributed by atoms with E-state index in [-0.39, 0.29) is 18.0 Å². The normalized spacial score (nSPS) is 39.5. The van der Waals surface area contributed by atoms with Gasteiger partial charge in [-0.2, -0.15) is 0 Å². The van der Waals surface area contributed by atoms with Crippen LogP contribution in [0.4, 0.5) is 0 Å². The van der Waals surface area contributed by atoms with E-state index in [0.29, 0.717) is 12.3 Å². The first kappa shape index (κ1) is 18.1. The van der Waals surface area contributed by atoms with Crippen LogP contribution < -0.4 is 0 Å². The molecule has 0 radical (unpaired) electrons. The predicted octanol–water partition coefficient (Wildman–Crippen LogP) is 4.04. The molecule has 2 bridgehead atoms. The highest BCUT2D eigenvalue weighted by molar-refractivity contribution is 5.87. The Balaban J connectivity index is 1.47. The maximum absolute atomic E-state index is 12.8. The Morgan fingerprint density at radius 1 is 1.25 bits per heavy atom. The summed E-state index contributed by atoms with van der Waals surface area (Å²) in [6, 6.07) is 9.75. The van der Waals surface area contributed by atoms with Crippen molar-refractivity contribution in [3.63, 3.8) is 0 Å². The van der Waals surface area contributed by atoms with E-state index < -0.39 is 17.3 Å². The minimum absolute atomic E-state index is 0.132. The summed E-state index contributed by atoms with van der Waals surface area (Å²) >= 11 is 0. The maximum Gasteiger partial charge on any atom is 0.331 e. The van der Waals surface area contributed by atoms with Crippen molar-refractivity contribution in [1.82, 2.24) is 0 Å². The largest absolute Gasteiger partial charge is 0.452 e. The molecule has 1 N–H and O–H groups in total. The fraction of sp³-hybridized carbons (Fsp3) is 0.542. The fourth-order valence-corrected chi connectivity index (χ4v) is 5.79. The molecule has 1 aromatic carbocycles. The van der Waals surface area contributed by atoms with Gasteiger partial charge in [0, 0.05) is 18.4 Å². The van der Waals surface area contributed by atoms with E-state index >= 15 is 0 Å². The molecule has 0 spiro atoms. The Labute approximate surface area is 166 Å². The number of hydrogen-bond acceptors (Lipinski definition) is 4. The topological polar surface area (TPSA) is 55.8 Å². The number of carbonyl (C=O) groups excluding carboxylic acids is 1. The lowest BCUT2D eigenvalue weighted by Crippen LogP contribution is -2.57. The van der Waals surface area contributed by atoms with E-state index in [4.69, 9.17) is 9.47 Å². The third-order valence-corrected chi connectivity index (χ3v) is 7.39. The number of aliphatic hydroxyl groups is 1. The molecular formula is C24H28O4. The highest BCUT2D eigenvalue weighted by Gasteiger charge is 2.71. The van der Waals surface area contributed by atoms with Crippen molar-refractivity contribution < 1.29 is 19.4 Å². The summed E-state index contributed by atoms with van der Waals surface area (Å²) in [5.74, 6) is 0.155. The zero-order chi connectivity index (χ0) is 19.5. The highest BCUT2D eigenvalue weighted by Crippen LogP contribution is 2.64. The quantitative estimate of drug-likeness (QED) is 0.487. The predicted molar refractivity (Wildman–Crippen MR) is 106 cm³/mol. The lowest BCUT2D eigenvalue weighted by Gasteiger charge is -2.48. The van der Waals surface area contributed by atoms with E-state index in [1.54, 1.807) is 6.08 Å². The van der Waals surface area contributed by atoms with Crippen molar-refractivity contribution in [2.75, 3.05) is 0 Å². The summed E-state index contributed by atoms with van der Waals surface area (Å²) in [4.78, 5) is 12.8. The van der Waals surface area contributed by atoms with Gasteiger partial charge >= 0.3 is 5.97 Å². The summed E-state index contributed by atoms with van der Waals surface area (Å²) in [6.07, 6.45) is 7.06. The number of allylic oxidation sites excluding steroid dienone is 1. The van der Waals surface area contributed by atoms with E-state index in [1.807, 2.05) is 30.3 Å². The summed E-state index contributed by atoms with van der Waals surface area (Å²) in [7, 11) is 0. The van der Waals surface area contributed by atoms with Gasteiger partial charge in [-0.05, 0) is 62.7 Å². The second-order valence-corrected chi connectivity index (χ2v) is 9.12. The van der Waals surface area contributed by atoms with Gasteiger partial charge < -0.3 is 14.6 Å². The van der Waals surface area contributed by atoms with Crippen LogP contribution >= 0.6 is 0 Å². The van der Waals surface area contributed by atoms with Crippen molar-refractivity contribution in [3.8, 4) is 0 Å². The van der Waals surface area contributed by atoms with Gasteiger partial charge in [0.1, 0.15) is 5.60 Å². The summed E-state index contributed by atoms with van der Waals surface area (Å²) in [5, 5.41) is 10.9. The van der Waals surface area contributed by atoms with Gasteiger partial charge in [0.05, 0.1) is 11.7 Å². The Bertz CT molecular complexity index is 853. The molecule has 1 aromatic rings. The van der Waals surface area contributed by atoms with Gasteiger partial charge in [-0.15, -0.1) is 0 Å². The van der Waals surface area contributed by atoms with Gasteiger partial charge in [0.2, 0.25) is 0 Å². The second-order valence-electron chi connectivity index (χ2n) is 9.12. The van der Waals surface area contributed by atoms with Gasteiger partial charge in [0.25, 0.3) is 0 Å². The highest BCUT2D eigenvalue weighted by atomic mass is 16.6. The van der Waals surface area contributed by atoms with E-state index in [9.17, 15) is 9.90 Å². The minimum atomic E-state index is -0.568. The summed E-state index contributed by atoms with van der Waals surface area (Å²) < 4.78 is 12.8. The molecule has 5 rings (SSSR count). The number of esters is 1. The van der Waals surface area contributed by atoms with Crippen LogP contribution in [0.1, 0.15) is 51.5 Å².